The van der Waals surface area contributed by atoms with E-state index in [1.807, 2.05) is 31.2 Å². The molecule has 2 aromatic heterocycles. The monoisotopic (exact) mass is 507 g/mol. The summed E-state index contributed by atoms with van der Waals surface area (Å²) in [7, 11) is 0. The summed E-state index contributed by atoms with van der Waals surface area (Å²) in [5.74, 6) is 2.17. The van der Waals surface area contributed by atoms with Crippen LogP contribution in [0.5, 0.6) is 0 Å². The lowest BCUT2D eigenvalue weighted by atomic mass is 9.97. The first kappa shape index (κ1) is 21.7. The van der Waals surface area contributed by atoms with Crippen LogP contribution < -0.4 is 5.32 Å². The number of benzene rings is 1. The average Bonchev–Trinajstić information content (AvgIpc) is 3.12. The maximum atomic E-state index is 13.2. The molecule has 1 saturated carbocycles. The Morgan fingerprint density at radius 3 is 2.80 bits per heavy atom. The summed E-state index contributed by atoms with van der Waals surface area (Å²) < 4.78 is 7.75. The smallest absolute Gasteiger partial charge is 0.224 e. The summed E-state index contributed by atoms with van der Waals surface area (Å²) in [6, 6.07) is 8.01. The Morgan fingerprint density at radius 1 is 1.23 bits per heavy atom. The SMILES string of the molecule is Cc1nnc2n1-c1sc3c(c1C(c1ccccc1Cl)=NC21CC1)C[C@H](C(=O)N[C@@H]1COC[C@@H]1C)C3. The fourth-order valence-corrected chi connectivity index (χ4v) is 7.37. The number of carbonyl (C=O) groups is 1. The fourth-order valence-electron chi connectivity index (χ4n) is 5.68. The molecule has 0 unspecified atom stereocenters. The largest absolute Gasteiger partial charge is 0.379 e. The van der Waals surface area contributed by atoms with Crippen molar-refractivity contribution in [3.8, 4) is 5.00 Å². The molecule has 0 radical (unpaired) electrons. The Kier molecular flexibility index (Phi) is 4.79. The maximum absolute atomic E-state index is 13.2. The van der Waals surface area contributed by atoms with Crippen molar-refractivity contribution in [2.75, 3.05) is 13.2 Å². The van der Waals surface area contributed by atoms with Gasteiger partial charge in [-0.2, -0.15) is 0 Å². The third-order valence-corrected chi connectivity index (χ3v) is 9.45. The summed E-state index contributed by atoms with van der Waals surface area (Å²) in [4.78, 5) is 19.8. The van der Waals surface area contributed by atoms with Crippen molar-refractivity contribution < 1.29 is 9.53 Å². The number of aliphatic imine (C=N–C) groups is 1. The number of amides is 1. The van der Waals surface area contributed by atoms with Gasteiger partial charge in [0.15, 0.2) is 5.82 Å². The van der Waals surface area contributed by atoms with Crippen molar-refractivity contribution in [3.63, 3.8) is 0 Å². The molecule has 7 nitrogen and oxygen atoms in total. The minimum atomic E-state index is -0.352. The molecule has 3 aromatic rings. The zero-order valence-corrected chi connectivity index (χ0v) is 21.2. The Balaban J connectivity index is 1.34. The van der Waals surface area contributed by atoms with Gasteiger partial charge in [-0.25, -0.2) is 0 Å². The molecule has 0 bridgehead atoms. The first-order valence-electron chi connectivity index (χ1n) is 12.3. The van der Waals surface area contributed by atoms with Crippen LogP contribution in [-0.2, 0) is 27.9 Å². The molecule has 180 valence electrons. The van der Waals surface area contributed by atoms with E-state index in [4.69, 9.17) is 21.3 Å². The normalized spacial score (nSPS) is 25.6. The quantitative estimate of drug-likeness (QED) is 0.581. The predicted octanol–water partition coefficient (Wildman–Crippen LogP) is 4.00. The van der Waals surface area contributed by atoms with E-state index in [9.17, 15) is 4.79 Å². The first-order chi connectivity index (χ1) is 16.9. The van der Waals surface area contributed by atoms with E-state index in [1.165, 1.54) is 10.4 Å². The summed E-state index contributed by atoms with van der Waals surface area (Å²) >= 11 is 8.48. The lowest BCUT2D eigenvalue weighted by Crippen LogP contribution is -2.42. The molecule has 1 amide bonds. The van der Waals surface area contributed by atoms with Gasteiger partial charge in [0.2, 0.25) is 5.91 Å². The third-order valence-electron chi connectivity index (χ3n) is 7.88. The molecule has 2 aliphatic carbocycles. The van der Waals surface area contributed by atoms with Crippen molar-refractivity contribution in [1.82, 2.24) is 20.1 Å². The number of nitrogens with zero attached hydrogens (tertiary/aromatic N) is 4. The van der Waals surface area contributed by atoms with E-state index in [2.05, 4.69) is 27.0 Å². The number of aromatic nitrogens is 3. The van der Waals surface area contributed by atoms with E-state index in [0.717, 1.165) is 52.8 Å². The average molecular weight is 508 g/mol. The standard InChI is InChI=1S/C26H26ClN5O2S/c1-13-11-34-12-19(13)28-23(33)15-9-17-20(10-15)35-24-21(17)22(16-5-3-4-6-18(16)27)29-26(7-8-26)25-31-30-14(2)32(24)25/h3-6,13,15,19H,7-12H2,1-2H3,(H,28,33)/t13-,15-,19+/m0/s1. The van der Waals surface area contributed by atoms with Gasteiger partial charge in [0.25, 0.3) is 0 Å². The molecule has 2 fully saturated rings. The molecule has 1 saturated heterocycles. The van der Waals surface area contributed by atoms with E-state index >= 15 is 0 Å². The van der Waals surface area contributed by atoms with Gasteiger partial charge in [-0.3, -0.25) is 14.4 Å². The van der Waals surface area contributed by atoms with Crippen molar-refractivity contribution in [1.29, 1.82) is 0 Å². The van der Waals surface area contributed by atoms with E-state index in [1.54, 1.807) is 11.3 Å². The van der Waals surface area contributed by atoms with Gasteiger partial charge >= 0.3 is 0 Å². The lowest BCUT2D eigenvalue weighted by molar-refractivity contribution is -0.125. The van der Waals surface area contributed by atoms with Crippen LogP contribution in [0.15, 0.2) is 29.3 Å². The number of thiophene rings is 1. The highest BCUT2D eigenvalue weighted by molar-refractivity contribution is 7.15. The summed E-state index contributed by atoms with van der Waals surface area (Å²) in [6.45, 7) is 5.43. The Hall–Kier alpha value is -2.55. The van der Waals surface area contributed by atoms with Crippen LogP contribution in [-0.4, -0.2) is 45.6 Å². The summed E-state index contributed by atoms with van der Waals surface area (Å²) in [6.07, 6.45) is 3.33. The molecule has 4 aliphatic rings. The summed E-state index contributed by atoms with van der Waals surface area (Å²) in [5, 5.41) is 14.0. The van der Waals surface area contributed by atoms with E-state index in [-0.39, 0.29) is 23.4 Å². The predicted molar refractivity (Wildman–Crippen MR) is 135 cm³/mol. The number of carbonyl (C=O) groups excluding carboxylic acids is 1. The molecule has 1 spiro atoms. The number of fused-ring (bicyclic) bond motifs is 6. The van der Waals surface area contributed by atoms with Crippen LogP contribution >= 0.6 is 22.9 Å². The highest BCUT2D eigenvalue weighted by Crippen LogP contribution is 2.54. The number of hydrogen-bond acceptors (Lipinski definition) is 6. The molecule has 2 aliphatic heterocycles. The minimum absolute atomic E-state index is 0.0820. The van der Waals surface area contributed by atoms with Crippen LogP contribution in [0.2, 0.25) is 5.02 Å². The molecule has 35 heavy (non-hydrogen) atoms. The minimum Gasteiger partial charge on any atom is -0.379 e. The van der Waals surface area contributed by atoms with Crippen molar-refractivity contribution in [2.24, 2.45) is 16.8 Å². The van der Waals surface area contributed by atoms with E-state index < -0.39 is 0 Å². The van der Waals surface area contributed by atoms with Crippen LogP contribution in [0.1, 0.15) is 53.0 Å². The van der Waals surface area contributed by atoms with Crippen molar-refractivity contribution in [2.45, 2.75) is 51.1 Å². The van der Waals surface area contributed by atoms with Gasteiger partial charge in [0.05, 0.1) is 25.0 Å². The van der Waals surface area contributed by atoms with Gasteiger partial charge in [0, 0.05) is 32.9 Å². The maximum Gasteiger partial charge on any atom is 0.224 e. The Bertz CT molecular complexity index is 1400. The van der Waals surface area contributed by atoms with Gasteiger partial charge < -0.3 is 10.1 Å². The van der Waals surface area contributed by atoms with Crippen LogP contribution in [0.3, 0.4) is 0 Å². The van der Waals surface area contributed by atoms with Crippen LogP contribution in [0.4, 0.5) is 0 Å². The number of aryl methyl sites for hydroxylation is 1. The number of nitrogens with one attached hydrogen (secondary N) is 1. The fraction of sp³-hybridized carbons (Fsp3) is 0.462. The van der Waals surface area contributed by atoms with Gasteiger partial charge in [-0.15, -0.1) is 21.5 Å². The van der Waals surface area contributed by atoms with Crippen LogP contribution in [0, 0.1) is 18.8 Å². The Morgan fingerprint density at radius 2 is 2.06 bits per heavy atom. The molecule has 3 atom stereocenters. The van der Waals surface area contributed by atoms with Gasteiger partial charge in [0.1, 0.15) is 16.4 Å². The number of rotatable bonds is 3. The highest BCUT2D eigenvalue weighted by Gasteiger charge is 2.52. The van der Waals surface area contributed by atoms with Crippen molar-refractivity contribution in [3.05, 3.63) is 62.5 Å². The Labute approximate surface area is 212 Å². The molecule has 9 heteroatoms. The van der Waals surface area contributed by atoms with Crippen LogP contribution in [0.25, 0.3) is 5.00 Å². The number of hydrogen-bond donors (Lipinski definition) is 1. The topological polar surface area (TPSA) is 81.4 Å². The zero-order valence-electron chi connectivity index (χ0n) is 19.7. The molecular formula is C26H26ClN5O2S. The number of ether oxygens (including phenoxy) is 1. The highest BCUT2D eigenvalue weighted by atomic mass is 35.5. The second-order valence-corrected chi connectivity index (χ2v) is 11.8. The second kappa shape index (κ2) is 7.72. The molecule has 1 N–H and O–H groups in total. The van der Waals surface area contributed by atoms with E-state index in [0.29, 0.717) is 30.6 Å². The third kappa shape index (κ3) is 3.26. The van der Waals surface area contributed by atoms with Crippen molar-refractivity contribution >= 4 is 34.6 Å². The van der Waals surface area contributed by atoms with Gasteiger partial charge in [-0.05, 0) is 44.2 Å². The first-order valence-corrected chi connectivity index (χ1v) is 13.5. The summed E-state index contributed by atoms with van der Waals surface area (Å²) in [5.41, 5.74) is 3.82. The zero-order chi connectivity index (χ0) is 23.9. The molecule has 1 aromatic carbocycles. The second-order valence-electron chi connectivity index (χ2n) is 10.3. The van der Waals surface area contributed by atoms with Gasteiger partial charge in [-0.1, -0.05) is 36.7 Å². The molecule has 4 heterocycles. The lowest BCUT2D eigenvalue weighted by Gasteiger charge is -2.18. The molecule has 7 rings (SSSR count). The number of halogens is 1. The molecular weight excluding hydrogens is 482 g/mol.